The van der Waals surface area contributed by atoms with Crippen molar-refractivity contribution >= 4 is 27.4 Å². The molecule has 1 aromatic heterocycles. The van der Waals surface area contributed by atoms with E-state index in [1.54, 1.807) is 6.07 Å². The predicted molar refractivity (Wildman–Crippen MR) is 94.8 cm³/mol. The summed E-state index contributed by atoms with van der Waals surface area (Å²) in [4.78, 5) is -0.137. The molecule has 1 fully saturated rings. The molecule has 1 N–H and O–H groups in total. The number of sulfonamides is 1. The number of ether oxygens (including phenoxy) is 2. The van der Waals surface area contributed by atoms with Crippen LogP contribution in [0.25, 0.3) is 0 Å². The van der Waals surface area contributed by atoms with Gasteiger partial charge in [-0.15, -0.1) is 0 Å². The Hall–Kier alpha value is -2.28. The van der Waals surface area contributed by atoms with Crippen molar-refractivity contribution in [3.8, 4) is 11.8 Å². The lowest BCUT2D eigenvalue weighted by Gasteiger charge is -2.24. The number of nitrogens with zero attached hydrogens (tertiary/aromatic N) is 3. The summed E-state index contributed by atoms with van der Waals surface area (Å²) in [5.41, 5.74) is 0.138. The Morgan fingerprint density at radius 2 is 2.15 bits per heavy atom. The van der Waals surface area contributed by atoms with Crippen LogP contribution in [0.1, 0.15) is 24.4 Å². The first-order chi connectivity index (χ1) is 12.5. The second-order valence-electron chi connectivity index (χ2n) is 5.71. The standard InChI is InChI=1S/C16H17ClN4O4S/c1-24-13-2-3-14(17)15(8-13)26(22,23)20-16-11(9-18)10-19-21(16)12-4-6-25-7-5-12/h2-3,8,10,12,20H,4-7H2,1H3. The lowest BCUT2D eigenvalue weighted by molar-refractivity contribution is 0.0669. The van der Waals surface area contributed by atoms with Gasteiger partial charge < -0.3 is 9.47 Å². The number of anilines is 1. The Kier molecular flexibility index (Phi) is 5.36. The summed E-state index contributed by atoms with van der Waals surface area (Å²) in [6.07, 6.45) is 2.71. The van der Waals surface area contributed by atoms with Crippen LogP contribution in [0, 0.1) is 11.3 Å². The zero-order chi connectivity index (χ0) is 18.7. The molecule has 0 unspecified atom stereocenters. The van der Waals surface area contributed by atoms with Gasteiger partial charge in [0.25, 0.3) is 10.0 Å². The highest BCUT2D eigenvalue weighted by atomic mass is 35.5. The van der Waals surface area contributed by atoms with Crippen molar-refractivity contribution in [2.45, 2.75) is 23.8 Å². The van der Waals surface area contributed by atoms with E-state index in [-0.39, 0.29) is 27.3 Å². The third kappa shape index (κ3) is 3.62. The van der Waals surface area contributed by atoms with Crippen LogP contribution >= 0.6 is 11.6 Å². The Balaban J connectivity index is 2.00. The van der Waals surface area contributed by atoms with Crippen molar-refractivity contribution in [3.63, 3.8) is 0 Å². The van der Waals surface area contributed by atoms with Gasteiger partial charge in [0.05, 0.1) is 24.4 Å². The third-order valence-corrected chi connectivity index (χ3v) is 5.93. The number of nitriles is 1. The first-order valence-electron chi connectivity index (χ1n) is 7.88. The summed E-state index contributed by atoms with van der Waals surface area (Å²) in [7, 11) is -2.61. The van der Waals surface area contributed by atoms with Gasteiger partial charge in [0.1, 0.15) is 22.3 Å². The van der Waals surface area contributed by atoms with E-state index >= 15 is 0 Å². The Bertz CT molecular complexity index is 946. The van der Waals surface area contributed by atoms with Gasteiger partial charge >= 0.3 is 0 Å². The zero-order valence-corrected chi connectivity index (χ0v) is 15.5. The summed E-state index contributed by atoms with van der Waals surface area (Å²) in [6.45, 7) is 1.11. The average molecular weight is 397 g/mol. The van der Waals surface area contributed by atoms with Crippen molar-refractivity contribution in [1.82, 2.24) is 9.78 Å². The van der Waals surface area contributed by atoms with Gasteiger partial charge in [-0.3, -0.25) is 4.72 Å². The largest absolute Gasteiger partial charge is 0.497 e. The average Bonchev–Trinajstić information content (AvgIpc) is 3.04. The van der Waals surface area contributed by atoms with Gasteiger partial charge in [-0.25, -0.2) is 13.1 Å². The minimum Gasteiger partial charge on any atom is -0.497 e. The molecule has 0 bridgehead atoms. The minimum absolute atomic E-state index is 0.0499. The van der Waals surface area contributed by atoms with Crippen molar-refractivity contribution in [2.24, 2.45) is 0 Å². The fraction of sp³-hybridized carbons (Fsp3) is 0.375. The molecule has 1 aliphatic heterocycles. The van der Waals surface area contributed by atoms with Crippen molar-refractivity contribution < 1.29 is 17.9 Å². The van der Waals surface area contributed by atoms with Crippen LogP contribution in [0.2, 0.25) is 5.02 Å². The van der Waals surface area contributed by atoms with E-state index in [0.29, 0.717) is 31.8 Å². The molecule has 0 spiro atoms. The van der Waals surface area contributed by atoms with E-state index < -0.39 is 10.0 Å². The van der Waals surface area contributed by atoms with Crippen LogP contribution in [0.4, 0.5) is 5.82 Å². The molecule has 0 saturated carbocycles. The van der Waals surface area contributed by atoms with Gasteiger partial charge in [-0.1, -0.05) is 11.6 Å². The molecule has 1 saturated heterocycles. The van der Waals surface area contributed by atoms with E-state index in [1.807, 2.05) is 6.07 Å². The number of hydrogen-bond donors (Lipinski definition) is 1. The predicted octanol–water partition coefficient (Wildman–Crippen LogP) is 2.57. The fourth-order valence-corrected chi connectivity index (χ4v) is 4.34. The quantitative estimate of drug-likeness (QED) is 0.832. The molecule has 0 atom stereocenters. The van der Waals surface area contributed by atoms with E-state index in [1.165, 1.54) is 30.1 Å². The Morgan fingerprint density at radius 1 is 1.42 bits per heavy atom. The second-order valence-corrected chi connectivity index (χ2v) is 7.77. The van der Waals surface area contributed by atoms with Crippen LogP contribution in [0.15, 0.2) is 29.3 Å². The van der Waals surface area contributed by atoms with Crippen molar-refractivity contribution in [2.75, 3.05) is 25.0 Å². The molecule has 1 aromatic carbocycles. The summed E-state index contributed by atoms with van der Waals surface area (Å²) < 4.78 is 40.1. The monoisotopic (exact) mass is 396 g/mol. The molecule has 3 rings (SSSR count). The number of aromatic nitrogens is 2. The molecule has 26 heavy (non-hydrogen) atoms. The number of benzene rings is 1. The highest BCUT2D eigenvalue weighted by Gasteiger charge is 2.26. The maximum Gasteiger partial charge on any atom is 0.264 e. The molecule has 138 valence electrons. The summed E-state index contributed by atoms with van der Waals surface area (Å²) in [5, 5.41) is 13.6. The first kappa shape index (κ1) is 18.5. The zero-order valence-electron chi connectivity index (χ0n) is 14.0. The number of halogens is 1. The number of methoxy groups -OCH3 is 1. The van der Waals surface area contributed by atoms with E-state index in [0.717, 1.165) is 0 Å². The van der Waals surface area contributed by atoms with Crippen LogP contribution in [0.5, 0.6) is 5.75 Å². The van der Waals surface area contributed by atoms with Crippen molar-refractivity contribution in [1.29, 1.82) is 5.26 Å². The lowest BCUT2D eigenvalue weighted by Crippen LogP contribution is -2.24. The summed E-state index contributed by atoms with van der Waals surface area (Å²) in [6, 6.07) is 6.25. The Labute approximate surface area is 156 Å². The molecule has 8 nitrogen and oxygen atoms in total. The van der Waals surface area contributed by atoms with Crippen LogP contribution in [-0.2, 0) is 14.8 Å². The SMILES string of the molecule is COc1ccc(Cl)c(S(=O)(=O)Nc2c(C#N)cnn2C2CCOCC2)c1. The molecule has 0 radical (unpaired) electrons. The van der Waals surface area contributed by atoms with Crippen molar-refractivity contribution in [3.05, 3.63) is 35.0 Å². The first-order valence-corrected chi connectivity index (χ1v) is 9.74. The van der Waals surface area contributed by atoms with Crippen LogP contribution < -0.4 is 9.46 Å². The number of hydrogen-bond acceptors (Lipinski definition) is 6. The molecular formula is C16H17ClN4O4S. The molecular weight excluding hydrogens is 380 g/mol. The number of rotatable bonds is 5. The molecule has 0 amide bonds. The van der Waals surface area contributed by atoms with E-state index in [9.17, 15) is 13.7 Å². The van der Waals surface area contributed by atoms with Gasteiger partial charge in [-0.2, -0.15) is 10.4 Å². The summed E-state index contributed by atoms with van der Waals surface area (Å²) >= 11 is 6.06. The van der Waals surface area contributed by atoms with E-state index in [4.69, 9.17) is 21.1 Å². The molecule has 0 aliphatic carbocycles. The topological polar surface area (TPSA) is 106 Å². The maximum atomic E-state index is 12.9. The van der Waals surface area contributed by atoms with Crippen LogP contribution in [0.3, 0.4) is 0 Å². The van der Waals surface area contributed by atoms with Gasteiger partial charge in [0, 0.05) is 19.3 Å². The summed E-state index contributed by atoms with van der Waals surface area (Å²) in [5.74, 6) is 0.478. The molecule has 2 aromatic rings. The third-order valence-electron chi connectivity index (χ3n) is 4.11. The lowest BCUT2D eigenvalue weighted by atomic mass is 10.1. The molecule has 10 heteroatoms. The number of nitrogens with one attached hydrogen (secondary N) is 1. The molecule has 2 heterocycles. The van der Waals surface area contributed by atoms with Crippen LogP contribution in [-0.4, -0.2) is 38.5 Å². The maximum absolute atomic E-state index is 12.9. The Morgan fingerprint density at radius 3 is 2.81 bits per heavy atom. The fourth-order valence-electron chi connectivity index (χ4n) is 2.75. The molecule has 1 aliphatic rings. The highest BCUT2D eigenvalue weighted by molar-refractivity contribution is 7.92. The van der Waals surface area contributed by atoms with Gasteiger partial charge in [0.2, 0.25) is 0 Å². The smallest absolute Gasteiger partial charge is 0.264 e. The second kappa shape index (κ2) is 7.53. The van der Waals surface area contributed by atoms with Gasteiger partial charge in [0.15, 0.2) is 5.82 Å². The normalized spacial score (nSPS) is 15.4. The highest BCUT2D eigenvalue weighted by Crippen LogP contribution is 2.31. The van der Waals surface area contributed by atoms with Gasteiger partial charge in [-0.05, 0) is 25.0 Å². The van der Waals surface area contributed by atoms with E-state index in [2.05, 4.69) is 9.82 Å². The minimum atomic E-state index is -4.05.